The zero-order chi connectivity index (χ0) is 18.7. The quantitative estimate of drug-likeness (QED) is 0.721. The van der Waals surface area contributed by atoms with Gasteiger partial charge in [-0.1, -0.05) is 0 Å². The summed E-state index contributed by atoms with van der Waals surface area (Å²) in [5.74, 6) is -0.232. The highest BCUT2D eigenvalue weighted by Gasteiger charge is 2.29. The molecule has 2 aromatic rings. The number of thiazole rings is 1. The Bertz CT molecular complexity index is 820. The first-order valence-electron chi connectivity index (χ1n) is 8.16. The van der Waals surface area contributed by atoms with E-state index in [4.69, 9.17) is 14.2 Å². The molecule has 26 heavy (non-hydrogen) atoms. The van der Waals surface area contributed by atoms with Gasteiger partial charge in [0.15, 0.2) is 6.61 Å². The molecule has 1 aromatic carbocycles. The molecule has 138 valence electrons. The van der Waals surface area contributed by atoms with E-state index in [1.54, 1.807) is 24.3 Å². The number of ether oxygens (including phenoxy) is 3. The maximum absolute atomic E-state index is 12.3. The standard InChI is InChI=1S/C18H20N2O5S/c1-11(8-23-3)25-18(22)7-20-15-6-13(14-10-26-12(2)19-14)4-5-16(15)24-9-17(20)21/h4-6,10-11H,7-9H2,1-3H3. The average molecular weight is 376 g/mol. The molecule has 0 spiro atoms. The lowest BCUT2D eigenvalue weighted by atomic mass is 10.1. The van der Waals surface area contributed by atoms with Crippen LogP contribution in [0.25, 0.3) is 11.3 Å². The van der Waals surface area contributed by atoms with Crippen LogP contribution in [0, 0.1) is 6.92 Å². The third-order valence-electron chi connectivity index (χ3n) is 3.84. The number of esters is 1. The van der Waals surface area contributed by atoms with Gasteiger partial charge >= 0.3 is 5.97 Å². The molecule has 1 amide bonds. The van der Waals surface area contributed by atoms with Crippen LogP contribution in [0.3, 0.4) is 0 Å². The Labute approximate surface area is 155 Å². The van der Waals surface area contributed by atoms with Crippen LogP contribution >= 0.6 is 11.3 Å². The van der Waals surface area contributed by atoms with Crippen molar-refractivity contribution in [3.63, 3.8) is 0 Å². The van der Waals surface area contributed by atoms with Gasteiger partial charge in [-0.15, -0.1) is 11.3 Å². The lowest BCUT2D eigenvalue weighted by Crippen LogP contribution is -2.43. The lowest BCUT2D eigenvalue weighted by Gasteiger charge is -2.29. The predicted molar refractivity (Wildman–Crippen MR) is 97.6 cm³/mol. The summed E-state index contributed by atoms with van der Waals surface area (Å²) in [6, 6.07) is 5.49. The van der Waals surface area contributed by atoms with Crippen molar-refractivity contribution in [2.45, 2.75) is 20.0 Å². The van der Waals surface area contributed by atoms with Crippen molar-refractivity contribution in [3.8, 4) is 17.0 Å². The summed E-state index contributed by atoms with van der Waals surface area (Å²) in [7, 11) is 1.54. The molecule has 1 aromatic heterocycles. The SMILES string of the molecule is COCC(C)OC(=O)CN1C(=O)COc2ccc(-c3csc(C)n3)cc21. The molecule has 0 bridgehead atoms. The second kappa shape index (κ2) is 7.84. The number of nitrogens with zero attached hydrogens (tertiary/aromatic N) is 2. The zero-order valence-electron chi connectivity index (χ0n) is 14.9. The predicted octanol–water partition coefficient (Wildman–Crippen LogP) is 2.42. The van der Waals surface area contributed by atoms with Crippen LogP contribution in [-0.4, -0.2) is 49.8 Å². The fourth-order valence-electron chi connectivity index (χ4n) is 2.69. The van der Waals surface area contributed by atoms with Crippen molar-refractivity contribution < 1.29 is 23.8 Å². The molecule has 0 saturated heterocycles. The molecule has 0 aliphatic carbocycles. The van der Waals surface area contributed by atoms with Gasteiger partial charge in [0.1, 0.15) is 18.4 Å². The van der Waals surface area contributed by atoms with Crippen LogP contribution in [0.4, 0.5) is 5.69 Å². The molecule has 1 unspecified atom stereocenters. The highest BCUT2D eigenvalue weighted by Crippen LogP contribution is 2.36. The number of aryl methyl sites for hydroxylation is 1. The van der Waals surface area contributed by atoms with Gasteiger partial charge in [0.05, 0.1) is 23.0 Å². The number of anilines is 1. The molecular weight excluding hydrogens is 356 g/mol. The fraction of sp³-hybridized carbons (Fsp3) is 0.389. The fourth-order valence-corrected chi connectivity index (χ4v) is 3.31. The summed E-state index contributed by atoms with van der Waals surface area (Å²) in [4.78, 5) is 30.4. The minimum atomic E-state index is -0.495. The highest BCUT2D eigenvalue weighted by molar-refractivity contribution is 7.09. The first-order chi connectivity index (χ1) is 12.5. The van der Waals surface area contributed by atoms with Crippen molar-refractivity contribution in [1.82, 2.24) is 4.98 Å². The summed E-state index contributed by atoms with van der Waals surface area (Å²) in [6.45, 7) is 3.68. The molecule has 3 rings (SSSR count). The zero-order valence-corrected chi connectivity index (χ0v) is 15.7. The molecule has 1 aliphatic rings. The minimum absolute atomic E-state index is 0.108. The Balaban J connectivity index is 1.83. The summed E-state index contributed by atoms with van der Waals surface area (Å²) >= 11 is 1.55. The third-order valence-corrected chi connectivity index (χ3v) is 4.61. The number of rotatable bonds is 6. The topological polar surface area (TPSA) is 78.0 Å². The normalized spacial score (nSPS) is 14.6. The average Bonchev–Trinajstić information content (AvgIpc) is 3.03. The van der Waals surface area contributed by atoms with E-state index < -0.39 is 5.97 Å². The van der Waals surface area contributed by atoms with Crippen molar-refractivity contribution >= 4 is 28.9 Å². The van der Waals surface area contributed by atoms with E-state index in [1.165, 1.54) is 12.0 Å². The second-order valence-electron chi connectivity index (χ2n) is 5.96. The van der Waals surface area contributed by atoms with E-state index >= 15 is 0 Å². The van der Waals surface area contributed by atoms with Crippen LogP contribution in [-0.2, 0) is 19.1 Å². The van der Waals surface area contributed by atoms with Gasteiger partial charge in [0, 0.05) is 18.1 Å². The van der Waals surface area contributed by atoms with Gasteiger partial charge < -0.3 is 14.2 Å². The first kappa shape index (κ1) is 18.3. The first-order valence-corrected chi connectivity index (χ1v) is 9.04. The van der Waals surface area contributed by atoms with E-state index in [0.29, 0.717) is 18.0 Å². The second-order valence-corrected chi connectivity index (χ2v) is 7.02. The van der Waals surface area contributed by atoms with Crippen LogP contribution in [0.15, 0.2) is 23.6 Å². The Morgan fingerprint density at radius 1 is 1.46 bits per heavy atom. The molecule has 1 atom stereocenters. The van der Waals surface area contributed by atoms with Crippen molar-refractivity contribution in [3.05, 3.63) is 28.6 Å². The van der Waals surface area contributed by atoms with Crippen LogP contribution < -0.4 is 9.64 Å². The monoisotopic (exact) mass is 376 g/mol. The number of methoxy groups -OCH3 is 1. The Kier molecular flexibility index (Phi) is 5.53. The number of fused-ring (bicyclic) bond motifs is 1. The van der Waals surface area contributed by atoms with Gasteiger partial charge in [-0.3, -0.25) is 14.5 Å². The molecular formula is C18H20N2O5S. The summed E-state index contributed by atoms with van der Waals surface area (Å²) in [5, 5.41) is 2.91. The Morgan fingerprint density at radius 2 is 2.27 bits per heavy atom. The van der Waals surface area contributed by atoms with Crippen molar-refractivity contribution in [2.75, 3.05) is 31.8 Å². The van der Waals surface area contributed by atoms with E-state index in [-0.39, 0.29) is 25.2 Å². The Morgan fingerprint density at radius 3 is 2.96 bits per heavy atom. The smallest absolute Gasteiger partial charge is 0.326 e. The molecule has 8 heteroatoms. The molecule has 0 radical (unpaired) electrons. The number of aromatic nitrogens is 1. The number of hydrogen-bond donors (Lipinski definition) is 0. The number of amides is 1. The number of hydrogen-bond acceptors (Lipinski definition) is 7. The molecule has 0 saturated carbocycles. The summed E-state index contributed by atoms with van der Waals surface area (Å²) < 4.78 is 15.7. The molecule has 0 N–H and O–H groups in total. The molecule has 2 heterocycles. The third kappa shape index (κ3) is 4.03. The van der Waals surface area contributed by atoms with E-state index in [2.05, 4.69) is 4.98 Å². The maximum atomic E-state index is 12.3. The lowest BCUT2D eigenvalue weighted by molar-refractivity contribution is -0.149. The highest BCUT2D eigenvalue weighted by atomic mass is 32.1. The number of carbonyl (C=O) groups excluding carboxylic acids is 2. The van der Waals surface area contributed by atoms with Crippen LogP contribution in [0.2, 0.25) is 0 Å². The van der Waals surface area contributed by atoms with Gasteiger partial charge in [0.25, 0.3) is 5.91 Å². The van der Waals surface area contributed by atoms with Gasteiger partial charge in [-0.25, -0.2) is 4.98 Å². The van der Waals surface area contributed by atoms with E-state index in [0.717, 1.165) is 16.3 Å². The molecule has 0 fully saturated rings. The van der Waals surface area contributed by atoms with Crippen molar-refractivity contribution in [1.29, 1.82) is 0 Å². The van der Waals surface area contributed by atoms with Crippen LogP contribution in [0.5, 0.6) is 5.75 Å². The maximum Gasteiger partial charge on any atom is 0.326 e. The van der Waals surface area contributed by atoms with E-state index in [1.807, 2.05) is 24.4 Å². The van der Waals surface area contributed by atoms with Crippen molar-refractivity contribution in [2.24, 2.45) is 0 Å². The number of carbonyl (C=O) groups is 2. The summed E-state index contributed by atoms with van der Waals surface area (Å²) in [6.07, 6.45) is -0.382. The van der Waals surface area contributed by atoms with Gasteiger partial charge in [0.2, 0.25) is 0 Å². The van der Waals surface area contributed by atoms with Crippen LogP contribution in [0.1, 0.15) is 11.9 Å². The largest absolute Gasteiger partial charge is 0.482 e. The van der Waals surface area contributed by atoms with Gasteiger partial charge in [-0.2, -0.15) is 0 Å². The molecule has 7 nitrogen and oxygen atoms in total. The van der Waals surface area contributed by atoms with Gasteiger partial charge in [-0.05, 0) is 32.0 Å². The Hall–Kier alpha value is -2.45. The van der Waals surface area contributed by atoms with E-state index in [9.17, 15) is 9.59 Å². The minimum Gasteiger partial charge on any atom is -0.482 e. The molecule has 1 aliphatic heterocycles. The number of benzene rings is 1. The summed E-state index contributed by atoms with van der Waals surface area (Å²) in [5.41, 5.74) is 2.22.